The van der Waals surface area contributed by atoms with Gasteiger partial charge in [0.1, 0.15) is 0 Å². The number of nitrogens with two attached hydrogens (primary N) is 1. The molecule has 1 unspecified atom stereocenters. The maximum absolute atomic E-state index is 6.17. The van der Waals surface area contributed by atoms with Gasteiger partial charge in [-0.3, -0.25) is 0 Å². The Morgan fingerprint density at radius 1 is 0.400 bits per heavy atom. The molecule has 6 heteroatoms. The second kappa shape index (κ2) is 50.7. The number of allylic oxidation sites excluding steroid dienone is 8. The smallest absolute Gasteiger partial charge is 0.0642 e. The van der Waals surface area contributed by atoms with Gasteiger partial charge in [-0.1, -0.05) is 140 Å². The van der Waals surface area contributed by atoms with E-state index in [1.54, 1.807) is 0 Å². The van der Waals surface area contributed by atoms with Crippen molar-refractivity contribution in [1.82, 2.24) is 16.0 Å². The largest absolute Gasteiger partial charge is 0.380 e. The van der Waals surface area contributed by atoms with Crippen molar-refractivity contribution < 1.29 is 9.47 Å². The van der Waals surface area contributed by atoms with E-state index in [2.05, 4.69) is 78.4 Å². The molecule has 55 heavy (non-hydrogen) atoms. The lowest BCUT2D eigenvalue weighted by molar-refractivity contribution is 0.0528. The third kappa shape index (κ3) is 48.8. The van der Waals surface area contributed by atoms with Crippen LogP contribution in [0.4, 0.5) is 0 Å². The first-order chi connectivity index (χ1) is 27.3. The van der Waals surface area contributed by atoms with E-state index in [-0.39, 0.29) is 6.04 Å². The molecule has 0 saturated carbocycles. The van der Waals surface area contributed by atoms with Crippen molar-refractivity contribution >= 4 is 0 Å². The number of unbranched alkanes of at least 4 members (excludes halogenated alkanes) is 19. The Balaban J connectivity index is 4.01. The average molecular weight is 773 g/mol. The van der Waals surface area contributed by atoms with E-state index >= 15 is 0 Å². The highest BCUT2D eigenvalue weighted by Gasteiger charge is 2.09. The molecule has 0 rings (SSSR count). The summed E-state index contributed by atoms with van der Waals surface area (Å²) in [6, 6.07) is 0.272. The third-order valence-electron chi connectivity index (χ3n) is 10.1. The van der Waals surface area contributed by atoms with Gasteiger partial charge in [-0.25, -0.2) is 0 Å². The van der Waals surface area contributed by atoms with Gasteiger partial charge in [-0.15, -0.1) is 0 Å². The van der Waals surface area contributed by atoms with E-state index < -0.39 is 0 Å². The Labute approximate surface area is 344 Å². The topological polar surface area (TPSA) is 80.6 Å². The predicted octanol–water partition coefficient (Wildman–Crippen LogP) is 12.3. The molecule has 324 valence electrons. The Hall–Kier alpha value is -1.28. The highest BCUT2D eigenvalue weighted by atomic mass is 16.5. The van der Waals surface area contributed by atoms with E-state index in [1.807, 2.05) is 0 Å². The van der Waals surface area contributed by atoms with Crippen LogP contribution < -0.4 is 21.7 Å². The molecule has 1 atom stereocenters. The van der Waals surface area contributed by atoms with Gasteiger partial charge in [-0.2, -0.15) is 0 Å². The molecular formula is C49H96N4O2. The molecule has 0 aromatic carbocycles. The minimum absolute atomic E-state index is 0.272. The van der Waals surface area contributed by atoms with E-state index in [4.69, 9.17) is 15.2 Å². The van der Waals surface area contributed by atoms with Crippen molar-refractivity contribution in [2.45, 2.75) is 200 Å². The molecule has 0 aliphatic heterocycles. The summed E-state index contributed by atoms with van der Waals surface area (Å²) in [6.45, 7) is 13.8. The van der Waals surface area contributed by atoms with Crippen molar-refractivity contribution in [2.24, 2.45) is 5.73 Å². The van der Waals surface area contributed by atoms with Crippen LogP contribution in [0.25, 0.3) is 0 Å². The van der Waals surface area contributed by atoms with Crippen molar-refractivity contribution in [1.29, 1.82) is 0 Å². The molecule has 0 aromatic heterocycles. The number of ether oxygens (including phenoxy) is 2. The molecule has 0 bridgehead atoms. The summed E-state index contributed by atoms with van der Waals surface area (Å²) in [7, 11) is 0. The van der Waals surface area contributed by atoms with Gasteiger partial charge in [0, 0.05) is 13.2 Å². The molecule has 0 amide bonds. The van der Waals surface area contributed by atoms with Crippen LogP contribution in [0.5, 0.6) is 0 Å². The van der Waals surface area contributed by atoms with Gasteiger partial charge in [0.2, 0.25) is 0 Å². The zero-order valence-corrected chi connectivity index (χ0v) is 37.0. The highest BCUT2D eigenvalue weighted by Crippen LogP contribution is 2.10. The lowest BCUT2D eigenvalue weighted by Crippen LogP contribution is -2.39. The third-order valence-corrected chi connectivity index (χ3v) is 10.1. The maximum atomic E-state index is 6.17. The number of hydrogen-bond donors (Lipinski definition) is 4. The first-order valence-corrected chi connectivity index (χ1v) is 23.9. The summed E-state index contributed by atoms with van der Waals surface area (Å²) >= 11 is 0. The molecule has 0 aliphatic rings. The van der Waals surface area contributed by atoms with Crippen LogP contribution in [0, 0.1) is 0 Å². The van der Waals surface area contributed by atoms with Gasteiger partial charge in [0.25, 0.3) is 0 Å². The first-order valence-electron chi connectivity index (χ1n) is 23.9. The molecule has 6 nitrogen and oxygen atoms in total. The molecule has 0 spiro atoms. The minimum atomic E-state index is 0.272. The zero-order valence-electron chi connectivity index (χ0n) is 37.0. The minimum Gasteiger partial charge on any atom is -0.380 e. The number of nitrogens with one attached hydrogen (secondary N) is 3. The lowest BCUT2D eigenvalue weighted by atomic mass is 10.1. The Kier molecular flexibility index (Phi) is 49.6. The fourth-order valence-corrected chi connectivity index (χ4v) is 6.50. The molecule has 0 heterocycles. The fourth-order valence-electron chi connectivity index (χ4n) is 6.50. The summed E-state index contributed by atoms with van der Waals surface area (Å²) in [5, 5.41) is 10.8. The van der Waals surface area contributed by atoms with Crippen molar-refractivity contribution in [3.63, 3.8) is 0 Å². The monoisotopic (exact) mass is 773 g/mol. The van der Waals surface area contributed by atoms with E-state index in [9.17, 15) is 0 Å². The summed E-state index contributed by atoms with van der Waals surface area (Å²) in [4.78, 5) is 0. The summed E-state index contributed by atoms with van der Waals surface area (Å²) < 4.78 is 12.3. The van der Waals surface area contributed by atoms with E-state index in [0.717, 1.165) is 104 Å². The first kappa shape index (κ1) is 53.7. The Morgan fingerprint density at radius 3 is 1.22 bits per heavy atom. The number of hydrogen-bond acceptors (Lipinski definition) is 6. The molecule has 0 saturated heterocycles. The molecular weight excluding hydrogens is 677 g/mol. The van der Waals surface area contributed by atoms with Gasteiger partial charge in [-0.05, 0) is 142 Å². The summed E-state index contributed by atoms with van der Waals surface area (Å²) in [6.07, 6.45) is 54.1. The molecule has 0 aromatic rings. The molecule has 5 N–H and O–H groups in total. The average Bonchev–Trinajstić information content (AvgIpc) is 3.20. The Bertz CT molecular complexity index is 763. The maximum Gasteiger partial charge on any atom is 0.0642 e. The summed E-state index contributed by atoms with van der Waals surface area (Å²) in [5.41, 5.74) is 5.56. The van der Waals surface area contributed by atoms with Gasteiger partial charge in [0.15, 0.2) is 0 Å². The summed E-state index contributed by atoms with van der Waals surface area (Å²) in [5.74, 6) is 0. The van der Waals surface area contributed by atoms with Crippen LogP contribution in [0.1, 0.15) is 194 Å². The Morgan fingerprint density at radius 2 is 0.782 bits per heavy atom. The highest BCUT2D eigenvalue weighted by molar-refractivity contribution is 4.93. The van der Waals surface area contributed by atoms with Gasteiger partial charge < -0.3 is 31.2 Å². The number of rotatable bonds is 47. The standard InChI is InChI=1S/C49H96N4O2/c1-3-5-7-9-11-13-15-17-19-21-23-25-27-29-31-35-45-54-47-49(53-44-38-43-52-41-34-33-40-51-42-37-39-50)48-55-46-36-32-30-28-26-24-22-20-18-16-14-12-10-8-6-4-2/h11-14,17-20,49,51-53H,3-10,15-16,21-48,50H2,1-2H3/b13-11-,14-12+,19-17-,20-18+. The van der Waals surface area contributed by atoms with Crippen molar-refractivity contribution in [2.75, 3.05) is 65.7 Å². The van der Waals surface area contributed by atoms with Crippen LogP contribution in [0.15, 0.2) is 48.6 Å². The molecule has 0 aliphatic carbocycles. The van der Waals surface area contributed by atoms with Crippen LogP contribution in [0.3, 0.4) is 0 Å². The van der Waals surface area contributed by atoms with E-state index in [0.29, 0.717) is 0 Å². The second-order valence-corrected chi connectivity index (χ2v) is 15.7. The second-order valence-electron chi connectivity index (χ2n) is 15.7. The van der Waals surface area contributed by atoms with E-state index in [1.165, 1.54) is 141 Å². The molecule has 0 fully saturated rings. The normalized spacial score (nSPS) is 12.9. The van der Waals surface area contributed by atoms with Gasteiger partial charge >= 0.3 is 0 Å². The van der Waals surface area contributed by atoms with Crippen LogP contribution in [0.2, 0.25) is 0 Å². The van der Waals surface area contributed by atoms with Crippen molar-refractivity contribution in [3.8, 4) is 0 Å². The van der Waals surface area contributed by atoms with Crippen LogP contribution >= 0.6 is 0 Å². The fraction of sp³-hybridized carbons (Fsp3) is 0.837. The lowest BCUT2D eigenvalue weighted by Gasteiger charge is -2.19. The van der Waals surface area contributed by atoms with Crippen molar-refractivity contribution in [3.05, 3.63) is 48.6 Å². The zero-order chi connectivity index (χ0) is 39.6. The quantitative estimate of drug-likeness (QED) is 0.0364. The van der Waals surface area contributed by atoms with Crippen LogP contribution in [-0.4, -0.2) is 71.7 Å². The predicted molar refractivity (Wildman–Crippen MR) is 245 cm³/mol. The van der Waals surface area contributed by atoms with Crippen LogP contribution in [-0.2, 0) is 9.47 Å². The molecule has 0 radical (unpaired) electrons. The van der Waals surface area contributed by atoms with Gasteiger partial charge in [0.05, 0.1) is 19.3 Å². The SMILES string of the molecule is CCCCC/C=C\C/C=C\CCCCCCCCOCC(COCCCCCCCC/C=C/C/C=C/CCCCC)NCCCNCCCCNCCCN.